The van der Waals surface area contributed by atoms with Crippen LogP contribution in [0.4, 0.5) is 8.78 Å². The number of nitrogens with zero attached hydrogens (tertiary/aromatic N) is 4. The molecule has 1 spiro atoms. The van der Waals surface area contributed by atoms with Crippen LogP contribution in [0.15, 0.2) is 48.5 Å². The van der Waals surface area contributed by atoms with Crippen molar-refractivity contribution < 1.29 is 32.7 Å². The van der Waals surface area contributed by atoms with Gasteiger partial charge >= 0.3 is 0 Å². The van der Waals surface area contributed by atoms with Gasteiger partial charge in [-0.25, -0.2) is 8.78 Å². The number of piperazine rings is 1. The van der Waals surface area contributed by atoms with Crippen LogP contribution < -0.4 is 0 Å². The Morgan fingerprint density at radius 2 is 1.21 bits per heavy atom. The van der Waals surface area contributed by atoms with Crippen molar-refractivity contribution in [1.82, 2.24) is 19.6 Å². The predicted octanol–water partition coefficient (Wildman–Crippen LogP) is 2.13. The number of ether oxygens (including phenoxy) is 1. The van der Waals surface area contributed by atoms with Crippen molar-refractivity contribution in [2.75, 3.05) is 45.9 Å². The molecule has 0 radical (unpaired) electrons. The van der Waals surface area contributed by atoms with E-state index in [-0.39, 0.29) is 55.8 Å². The summed E-state index contributed by atoms with van der Waals surface area (Å²) in [6.45, 7) is 3.52. The molecule has 11 heteroatoms. The molecule has 3 heterocycles. The Bertz CT molecular complexity index is 1250. The number of carbonyl (C=O) groups excluding carboxylic acids is 4. The molecule has 4 amide bonds. The van der Waals surface area contributed by atoms with Crippen molar-refractivity contribution in [3.63, 3.8) is 0 Å². The zero-order valence-corrected chi connectivity index (χ0v) is 21.6. The molecular weight excluding hydrogens is 510 g/mol. The van der Waals surface area contributed by atoms with Gasteiger partial charge in [0, 0.05) is 70.2 Å². The lowest BCUT2D eigenvalue weighted by Gasteiger charge is -2.45. The monoisotopic (exact) mass is 540 g/mol. The molecule has 39 heavy (non-hydrogen) atoms. The molecule has 2 aromatic rings. The van der Waals surface area contributed by atoms with Crippen LogP contribution in [0.2, 0.25) is 0 Å². The lowest BCUT2D eigenvalue weighted by atomic mass is 9.96. The van der Waals surface area contributed by atoms with Crippen LogP contribution in [0.5, 0.6) is 0 Å². The molecule has 206 valence electrons. The summed E-state index contributed by atoms with van der Waals surface area (Å²) in [6, 6.07) is 9.57. The highest BCUT2D eigenvalue weighted by molar-refractivity contribution is 5.98. The number of halogens is 2. The molecule has 0 aromatic heterocycles. The van der Waals surface area contributed by atoms with E-state index in [0.29, 0.717) is 31.7 Å². The molecule has 3 fully saturated rings. The van der Waals surface area contributed by atoms with Crippen LogP contribution in [-0.2, 0) is 14.3 Å². The number of piperidine rings is 1. The molecular formula is C28H30F2N4O5. The molecule has 3 aliphatic rings. The van der Waals surface area contributed by atoms with E-state index in [4.69, 9.17) is 4.74 Å². The lowest BCUT2D eigenvalue weighted by molar-refractivity contribution is -0.142. The summed E-state index contributed by atoms with van der Waals surface area (Å²) in [4.78, 5) is 58.6. The van der Waals surface area contributed by atoms with Gasteiger partial charge < -0.3 is 19.4 Å². The minimum absolute atomic E-state index is 0.00933. The highest BCUT2D eigenvalue weighted by Crippen LogP contribution is 2.39. The molecule has 0 N–H and O–H groups in total. The molecule has 9 nitrogen and oxygen atoms in total. The van der Waals surface area contributed by atoms with Crippen molar-refractivity contribution in [2.45, 2.75) is 31.5 Å². The third-order valence-electron chi connectivity index (χ3n) is 7.82. The van der Waals surface area contributed by atoms with E-state index in [9.17, 15) is 28.0 Å². The summed E-state index contributed by atoms with van der Waals surface area (Å²) in [5, 5.41) is 0. The van der Waals surface area contributed by atoms with Crippen LogP contribution in [0.25, 0.3) is 0 Å². The molecule has 0 bridgehead atoms. The number of hydrogen-bond donors (Lipinski definition) is 0. The lowest BCUT2D eigenvalue weighted by Crippen LogP contribution is -2.61. The number of benzene rings is 2. The van der Waals surface area contributed by atoms with Crippen molar-refractivity contribution in [2.24, 2.45) is 0 Å². The zero-order valence-electron chi connectivity index (χ0n) is 21.6. The highest BCUT2D eigenvalue weighted by atomic mass is 19.1. The van der Waals surface area contributed by atoms with E-state index in [0.717, 1.165) is 0 Å². The molecule has 3 aliphatic heterocycles. The maximum atomic E-state index is 13.8. The molecule has 2 aromatic carbocycles. The number of carbonyl (C=O) groups is 4. The maximum Gasteiger partial charge on any atom is 0.256 e. The minimum atomic E-state index is -1.12. The van der Waals surface area contributed by atoms with Gasteiger partial charge in [-0.1, -0.05) is 0 Å². The number of rotatable bonds is 3. The van der Waals surface area contributed by atoms with E-state index >= 15 is 0 Å². The SMILES string of the molecule is CC(=O)N1CCN(C(=O)C2COC3(CCN(C(=O)c4ccc(F)cc4)CC3)N2C(=O)c2ccc(F)cc2)CC1. The molecule has 5 rings (SSSR count). The van der Waals surface area contributed by atoms with E-state index in [1.54, 1.807) is 14.7 Å². The van der Waals surface area contributed by atoms with E-state index in [1.165, 1.54) is 60.4 Å². The fourth-order valence-electron chi connectivity index (χ4n) is 5.57. The maximum absolute atomic E-state index is 13.8. The number of amides is 4. The van der Waals surface area contributed by atoms with E-state index in [1.807, 2.05) is 0 Å². The predicted molar refractivity (Wildman–Crippen MR) is 135 cm³/mol. The standard InChI is InChI=1S/C28H30F2N4O5/c1-19(35)31-14-16-33(17-15-31)27(38)24-18-39-28(34(24)26(37)21-4-8-23(30)9-5-21)10-12-32(13-11-28)25(36)20-2-6-22(29)7-3-20/h2-9,24H,10-18H2,1H3. The largest absolute Gasteiger partial charge is 0.353 e. The third-order valence-corrected chi connectivity index (χ3v) is 7.82. The number of likely N-dealkylation sites (tertiary alicyclic amines) is 1. The van der Waals surface area contributed by atoms with Gasteiger partial charge in [-0.05, 0) is 48.5 Å². The number of hydrogen-bond acceptors (Lipinski definition) is 5. The van der Waals surface area contributed by atoms with Gasteiger partial charge in [0.2, 0.25) is 11.8 Å². The summed E-state index contributed by atoms with van der Waals surface area (Å²) < 4.78 is 33.1. The molecule has 1 unspecified atom stereocenters. The van der Waals surface area contributed by atoms with Gasteiger partial charge in [0.1, 0.15) is 23.4 Å². The first-order valence-electron chi connectivity index (χ1n) is 13.0. The van der Waals surface area contributed by atoms with Crippen molar-refractivity contribution in [3.05, 3.63) is 71.3 Å². The van der Waals surface area contributed by atoms with Crippen LogP contribution in [0.1, 0.15) is 40.5 Å². The quantitative estimate of drug-likeness (QED) is 0.595. The van der Waals surface area contributed by atoms with Crippen molar-refractivity contribution in [1.29, 1.82) is 0 Å². The molecule has 3 saturated heterocycles. The Morgan fingerprint density at radius 1 is 0.718 bits per heavy atom. The molecule has 1 atom stereocenters. The third kappa shape index (κ3) is 5.23. The van der Waals surface area contributed by atoms with Crippen LogP contribution in [0, 0.1) is 11.6 Å². The molecule has 0 aliphatic carbocycles. The Hall–Kier alpha value is -3.86. The normalized spacial score (nSPS) is 20.8. The van der Waals surface area contributed by atoms with Crippen molar-refractivity contribution in [3.8, 4) is 0 Å². The first kappa shape index (κ1) is 26.7. The average molecular weight is 541 g/mol. The summed E-state index contributed by atoms with van der Waals surface area (Å²) in [6.07, 6.45) is 0.545. The first-order valence-corrected chi connectivity index (χ1v) is 13.0. The second-order valence-corrected chi connectivity index (χ2v) is 10.1. The van der Waals surface area contributed by atoms with Gasteiger partial charge in [0.05, 0.1) is 6.61 Å². The summed E-state index contributed by atoms with van der Waals surface area (Å²) in [5.41, 5.74) is -0.533. The van der Waals surface area contributed by atoms with E-state index in [2.05, 4.69) is 0 Å². The Balaban J connectivity index is 1.37. The fourth-order valence-corrected chi connectivity index (χ4v) is 5.57. The average Bonchev–Trinajstić information content (AvgIpc) is 3.31. The summed E-state index contributed by atoms with van der Waals surface area (Å²) in [7, 11) is 0. The first-order chi connectivity index (χ1) is 18.7. The second kappa shape index (κ2) is 10.7. The summed E-state index contributed by atoms with van der Waals surface area (Å²) >= 11 is 0. The Labute approximate surface area is 224 Å². The fraction of sp³-hybridized carbons (Fsp3) is 0.429. The highest BCUT2D eigenvalue weighted by Gasteiger charge is 2.55. The second-order valence-electron chi connectivity index (χ2n) is 10.1. The Kier molecular flexibility index (Phi) is 7.35. The van der Waals surface area contributed by atoms with Crippen LogP contribution in [0.3, 0.4) is 0 Å². The van der Waals surface area contributed by atoms with Gasteiger partial charge in [-0.3, -0.25) is 24.1 Å². The van der Waals surface area contributed by atoms with Gasteiger partial charge in [-0.2, -0.15) is 0 Å². The van der Waals surface area contributed by atoms with Crippen LogP contribution in [-0.4, -0.2) is 101 Å². The van der Waals surface area contributed by atoms with Gasteiger partial charge in [-0.15, -0.1) is 0 Å². The Morgan fingerprint density at radius 3 is 1.72 bits per heavy atom. The topological polar surface area (TPSA) is 90.5 Å². The minimum Gasteiger partial charge on any atom is -0.353 e. The smallest absolute Gasteiger partial charge is 0.256 e. The molecule has 0 saturated carbocycles. The summed E-state index contributed by atoms with van der Waals surface area (Å²) in [5.74, 6) is -1.95. The zero-order chi connectivity index (χ0) is 27.7. The van der Waals surface area contributed by atoms with Gasteiger partial charge in [0.15, 0.2) is 0 Å². The van der Waals surface area contributed by atoms with Gasteiger partial charge in [0.25, 0.3) is 11.8 Å². The van der Waals surface area contributed by atoms with Crippen LogP contribution >= 0.6 is 0 Å². The van der Waals surface area contributed by atoms with Crippen molar-refractivity contribution >= 4 is 23.6 Å². The van der Waals surface area contributed by atoms with E-state index < -0.39 is 29.3 Å².